The lowest BCUT2D eigenvalue weighted by Gasteiger charge is -2.41. The number of nitrogens with two attached hydrogens (primary N) is 1. The molecule has 1 unspecified atom stereocenters. The van der Waals surface area contributed by atoms with Crippen LogP contribution in [0.25, 0.3) is 11.5 Å². The SMILES string of the molecule is CC(C)CCN1C(=O)c2cc(-c3ccco3)nn2CC1(C)C=O.NC1CCCCCC1. The van der Waals surface area contributed by atoms with E-state index in [-0.39, 0.29) is 5.91 Å². The molecule has 31 heavy (non-hydrogen) atoms. The third-order valence-electron chi connectivity index (χ3n) is 6.19. The van der Waals surface area contributed by atoms with Crippen LogP contribution in [0, 0.1) is 5.92 Å². The Morgan fingerprint density at radius 1 is 1.29 bits per heavy atom. The third-order valence-corrected chi connectivity index (χ3v) is 6.19. The van der Waals surface area contributed by atoms with Gasteiger partial charge in [-0.15, -0.1) is 0 Å². The molecule has 1 aliphatic heterocycles. The van der Waals surface area contributed by atoms with Gasteiger partial charge in [0.05, 0.1) is 12.8 Å². The van der Waals surface area contributed by atoms with E-state index in [9.17, 15) is 9.59 Å². The van der Waals surface area contributed by atoms with E-state index in [4.69, 9.17) is 10.2 Å². The van der Waals surface area contributed by atoms with E-state index in [2.05, 4.69) is 18.9 Å². The average Bonchev–Trinajstić information content (AvgIpc) is 3.35. The Morgan fingerprint density at radius 3 is 2.58 bits per heavy atom. The predicted molar refractivity (Wildman–Crippen MR) is 121 cm³/mol. The molecule has 0 bridgehead atoms. The highest BCUT2D eigenvalue weighted by atomic mass is 16.3. The van der Waals surface area contributed by atoms with Crippen LogP contribution >= 0.6 is 0 Å². The molecular weight excluding hydrogens is 392 g/mol. The van der Waals surface area contributed by atoms with Gasteiger partial charge in [-0.3, -0.25) is 9.48 Å². The molecule has 1 fully saturated rings. The lowest BCUT2D eigenvalue weighted by Crippen LogP contribution is -2.58. The summed E-state index contributed by atoms with van der Waals surface area (Å²) in [5.74, 6) is 0.919. The minimum Gasteiger partial charge on any atom is -0.463 e. The Hall–Kier alpha value is -2.41. The lowest BCUT2D eigenvalue weighted by atomic mass is 9.97. The fourth-order valence-electron chi connectivity index (χ4n) is 4.17. The normalized spacial score (nSPS) is 22.0. The first-order valence-electron chi connectivity index (χ1n) is 11.5. The van der Waals surface area contributed by atoms with Crippen molar-refractivity contribution in [2.75, 3.05) is 6.54 Å². The second-order valence-electron chi connectivity index (χ2n) is 9.42. The van der Waals surface area contributed by atoms with Gasteiger partial charge in [0.15, 0.2) is 5.76 Å². The summed E-state index contributed by atoms with van der Waals surface area (Å²) in [7, 11) is 0. The van der Waals surface area contributed by atoms with Crippen LogP contribution < -0.4 is 5.73 Å². The summed E-state index contributed by atoms with van der Waals surface area (Å²) in [6, 6.07) is 5.83. The predicted octanol–water partition coefficient (Wildman–Crippen LogP) is 4.27. The van der Waals surface area contributed by atoms with Gasteiger partial charge in [0.25, 0.3) is 5.91 Å². The summed E-state index contributed by atoms with van der Waals surface area (Å²) in [6.07, 6.45) is 11.3. The van der Waals surface area contributed by atoms with Gasteiger partial charge in [-0.25, -0.2) is 0 Å². The fraction of sp³-hybridized carbons (Fsp3) is 0.625. The number of aromatic nitrogens is 2. The average molecular weight is 429 g/mol. The zero-order valence-electron chi connectivity index (χ0n) is 19.0. The van der Waals surface area contributed by atoms with Crippen molar-refractivity contribution in [3.8, 4) is 11.5 Å². The molecule has 1 amide bonds. The molecule has 7 heteroatoms. The third kappa shape index (κ3) is 5.64. The Kier molecular flexibility index (Phi) is 7.70. The highest BCUT2D eigenvalue weighted by molar-refractivity contribution is 5.97. The van der Waals surface area contributed by atoms with Crippen LogP contribution in [0.15, 0.2) is 28.9 Å². The van der Waals surface area contributed by atoms with E-state index in [1.807, 2.05) is 0 Å². The van der Waals surface area contributed by atoms with Gasteiger partial charge in [0.2, 0.25) is 0 Å². The second-order valence-corrected chi connectivity index (χ2v) is 9.42. The first-order valence-corrected chi connectivity index (χ1v) is 11.5. The minimum atomic E-state index is -0.870. The number of furan rings is 1. The van der Waals surface area contributed by atoms with E-state index in [0.717, 1.165) is 12.7 Å². The van der Waals surface area contributed by atoms with Gasteiger partial charge in [0.1, 0.15) is 23.2 Å². The standard InChI is InChI=1S/C17H21N3O3.C7H15N/c1-12(2)6-7-19-16(22)14-9-13(15-5-4-8-23-15)18-20(14)10-17(19,3)11-21;8-7-5-3-1-2-4-6-7/h4-5,8-9,11-12H,6-7,10H2,1-3H3;7H,1-6,8H2. The molecule has 0 radical (unpaired) electrons. The van der Waals surface area contributed by atoms with Crippen LogP contribution in [0.5, 0.6) is 0 Å². The molecule has 3 heterocycles. The molecule has 170 valence electrons. The summed E-state index contributed by atoms with van der Waals surface area (Å²) in [4.78, 5) is 26.2. The molecule has 2 aliphatic rings. The van der Waals surface area contributed by atoms with Crippen molar-refractivity contribution in [3.63, 3.8) is 0 Å². The number of hydrogen-bond donors (Lipinski definition) is 1. The molecule has 2 aromatic rings. The molecule has 1 saturated carbocycles. The smallest absolute Gasteiger partial charge is 0.273 e. The quantitative estimate of drug-likeness (QED) is 0.567. The van der Waals surface area contributed by atoms with Crippen molar-refractivity contribution in [1.82, 2.24) is 14.7 Å². The first kappa shape index (κ1) is 23.3. The number of fused-ring (bicyclic) bond motifs is 1. The second kappa shape index (κ2) is 10.3. The number of carbonyl (C=O) groups excluding carboxylic acids is 2. The molecule has 0 aromatic carbocycles. The van der Waals surface area contributed by atoms with Crippen molar-refractivity contribution in [3.05, 3.63) is 30.2 Å². The Labute approximate surface area is 185 Å². The maximum Gasteiger partial charge on any atom is 0.273 e. The van der Waals surface area contributed by atoms with Gasteiger partial charge in [-0.1, -0.05) is 39.5 Å². The van der Waals surface area contributed by atoms with E-state index >= 15 is 0 Å². The largest absolute Gasteiger partial charge is 0.463 e. The molecular formula is C24H36N4O3. The monoisotopic (exact) mass is 428 g/mol. The Balaban J connectivity index is 0.000000287. The summed E-state index contributed by atoms with van der Waals surface area (Å²) >= 11 is 0. The Morgan fingerprint density at radius 2 is 2.00 bits per heavy atom. The number of carbonyl (C=O) groups is 2. The van der Waals surface area contributed by atoms with E-state index in [0.29, 0.717) is 42.2 Å². The van der Waals surface area contributed by atoms with E-state index in [1.54, 1.807) is 41.0 Å². The summed E-state index contributed by atoms with van der Waals surface area (Å²) < 4.78 is 6.96. The number of nitrogens with zero attached hydrogens (tertiary/aromatic N) is 3. The van der Waals surface area contributed by atoms with Gasteiger partial charge in [0, 0.05) is 18.7 Å². The minimum absolute atomic E-state index is 0.156. The summed E-state index contributed by atoms with van der Waals surface area (Å²) in [6.45, 7) is 6.91. The zero-order chi connectivity index (χ0) is 22.4. The fourth-order valence-corrected chi connectivity index (χ4v) is 4.17. The van der Waals surface area contributed by atoms with Crippen LogP contribution in [-0.4, -0.2) is 45.0 Å². The summed E-state index contributed by atoms with van der Waals surface area (Å²) in [5, 5.41) is 4.43. The number of amides is 1. The first-order chi connectivity index (χ1) is 14.8. The van der Waals surface area contributed by atoms with Crippen molar-refractivity contribution < 1.29 is 14.0 Å². The molecule has 2 N–H and O–H groups in total. The van der Waals surface area contributed by atoms with Crippen LogP contribution in [0.4, 0.5) is 0 Å². The number of aldehydes is 1. The van der Waals surface area contributed by atoms with Gasteiger partial charge >= 0.3 is 0 Å². The lowest BCUT2D eigenvalue weighted by molar-refractivity contribution is -0.118. The topological polar surface area (TPSA) is 94.4 Å². The van der Waals surface area contributed by atoms with E-state index < -0.39 is 5.54 Å². The maximum atomic E-state index is 12.9. The molecule has 0 spiro atoms. The van der Waals surface area contributed by atoms with Crippen molar-refractivity contribution in [1.29, 1.82) is 0 Å². The summed E-state index contributed by atoms with van der Waals surface area (Å²) in [5.41, 5.74) is 5.97. The molecule has 1 aliphatic carbocycles. The van der Waals surface area contributed by atoms with Crippen molar-refractivity contribution >= 4 is 12.2 Å². The molecule has 4 rings (SSSR count). The number of rotatable bonds is 5. The van der Waals surface area contributed by atoms with Crippen molar-refractivity contribution in [2.45, 2.75) is 83.8 Å². The van der Waals surface area contributed by atoms with Gasteiger partial charge < -0.3 is 19.8 Å². The highest BCUT2D eigenvalue weighted by Crippen LogP contribution is 2.29. The Bertz CT molecular complexity index is 850. The van der Waals surface area contributed by atoms with Gasteiger partial charge in [-0.2, -0.15) is 5.10 Å². The van der Waals surface area contributed by atoms with Crippen LogP contribution in [0.1, 0.15) is 76.2 Å². The van der Waals surface area contributed by atoms with Crippen molar-refractivity contribution in [2.24, 2.45) is 11.7 Å². The van der Waals surface area contributed by atoms with Crippen LogP contribution in [0.3, 0.4) is 0 Å². The molecule has 7 nitrogen and oxygen atoms in total. The van der Waals surface area contributed by atoms with Gasteiger partial charge in [-0.05, 0) is 44.2 Å². The maximum absolute atomic E-state index is 12.9. The molecule has 0 saturated heterocycles. The highest BCUT2D eigenvalue weighted by Gasteiger charge is 2.42. The number of hydrogen-bond acceptors (Lipinski definition) is 5. The van der Waals surface area contributed by atoms with E-state index in [1.165, 1.54) is 38.5 Å². The molecule has 1 atom stereocenters. The molecule has 2 aromatic heterocycles. The van der Waals surface area contributed by atoms with Crippen LogP contribution in [0.2, 0.25) is 0 Å². The van der Waals surface area contributed by atoms with Crippen LogP contribution in [-0.2, 0) is 11.3 Å². The zero-order valence-corrected chi connectivity index (χ0v) is 19.0.